The van der Waals surface area contributed by atoms with Gasteiger partial charge in [-0.15, -0.1) is 0 Å². The van der Waals surface area contributed by atoms with Crippen molar-refractivity contribution in [2.45, 2.75) is 31.3 Å². The number of hydrogen-bond donors (Lipinski definition) is 0. The summed E-state index contributed by atoms with van der Waals surface area (Å²) in [6, 6.07) is 4.10. The molecule has 94 valence electrons. The minimum Gasteiger partial charge on any atom is -0.481 e. The number of aromatic nitrogens is 1. The van der Waals surface area contributed by atoms with E-state index >= 15 is 0 Å². The maximum atomic E-state index is 12.5. The van der Waals surface area contributed by atoms with Crippen LogP contribution >= 0.6 is 0 Å². The maximum Gasteiger partial charge on any atom is 0.254 e. The molecule has 1 aromatic rings. The van der Waals surface area contributed by atoms with E-state index in [1.165, 1.54) is 0 Å². The Balaban J connectivity index is 1.88. The Kier molecular flexibility index (Phi) is 2.78. The molecule has 0 radical (unpaired) electrons. The van der Waals surface area contributed by atoms with E-state index in [1.54, 1.807) is 25.4 Å². The van der Waals surface area contributed by atoms with Crippen molar-refractivity contribution in [3.8, 4) is 5.88 Å². The summed E-state index contributed by atoms with van der Waals surface area (Å²) < 4.78 is 5.07. The van der Waals surface area contributed by atoms with Crippen LogP contribution in [-0.4, -0.2) is 35.0 Å². The fourth-order valence-corrected chi connectivity index (χ4v) is 2.84. The van der Waals surface area contributed by atoms with Crippen LogP contribution in [0.25, 0.3) is 0 Å². The van der Waals surface area contributed by atoms with Gasteiger partial charge in [0.1, 0.15) is 0 Å². The van der Waals surface area contributed by atoms with Crippen LogP contribution in [0.2, 0.25) is 0 Å². The van der Waals surface area contributed by atoms with Crippen LogP contribution in [0.3, 0.4) is 0 Å². The first-order chi connectivity index (χ1) is 8.79. The number of methoxy groups -OCH3 is 1. The van der Waals surface area contributed by atoms with E-state index < -0.39 is 0 Å². The molecule has 18 heavy (non-hydrogen) atoms. The van der Waals surface area contributed by atoms with Crippen molar-refractivity contribution in [3.05, 3.63) is 36.0 Å². The second kappa shape index (κ2) is 4.44. The number of ether oxygens (including phenoxy) is 1. The van der Waals surface area contributed by atoms with E-state index in [1.807, 2.05) is 4.90 Å². The van der Waals surface area contributed by atoms with Gasteiger partial charge in [0.15, 0.2) is 0 Å². The molecule has 0 N–H and O–H groups in total. The van der Waals surface area contributed by atoms with E-state index in [4.69, 9.17) is 4.74 Å². The third-order valence-corrected chi connectivity index (χ3v) is 3.74. The fourth-order valence-electron chi connectivity index (χ4n) is 2.84. The lowest BCUT2D eigenvalue weighted by Gasteiger charge is -2.31. The van der Waals surface area contributed by atoms with Gasteiger partial charge in [-0.25, -0.2) is 4.98 Å². The summed E-state index contributed by atoms with van der Waals surface area (Å²) >= 11 is 0. The van der Waals surface area contributed by atoms with Crippen molar-refractivity contribution >= 4 is 5.91 Å². The minimum absolute atomic E-state index is 0.0903. The Hall–Kier alpha value is -1.84. The zero-order valence-electron chi connectivity index (χ0n) is 10.4. The van der Waals surface area contributed by atoms with Crippen molar-refractivity contribution in [2.24, 2.45) is 0 Å². The van der Waals surface area contributed by atoms with Gasteiger partial charge in [-0.1, -0.05) is 12.2 Å². The lowest BCUT2D eigenvalue weighted by molar-refractivity contribution is 0.0688. The van der Waals surface area contributed by atoms with Crippen LogP contribution in [0, 0.1) is 0 Å². The van der Waals surface area contributed by atoms with Crippen LogP contribution < -0.4 is 4.74 Å². The standard InChI is InChI=1S/C14H16N2O2/c1-18-13-9-10(7-8-15-13)14(17)16-11-3-2-4-12(16)6-5-11/h2-3,7-9,11-12H,4-6H2,1H3. The molecule has 2 atom stereocenters. The zero-order chi connectivity index (χ0) is 12.5. The molecule has 2 aliphatic heterocycles. The van der Waals surface area contributed by atoms with E-state index in [-0.39, 0.29) is 11.9 Å². The van der Waals surface area contributed by atoms with Crippen LogP contribution in [0.4, 0.5) is 0 Å². The first-order valence-electron chi connectivity index (χ1n) is 6.29. The Morgan fingerprint density at radius 1 is 1.50 bits per heavy atom. The van der Waals surface area contributed by atoms with Crippen molar-refractivity contribution in [1.82, 2.24) is 9.88 Å². The zero-order valence-corrected chi connectivity index (χ0v) is 10.4. The Labute approximate surface area is 106 Å². The normalized spacial score (nSPS) is 25.3. The molecule has 2 aliphatic rings. The quantitative estimate of drug-likeness (QED) is 0.747. The highest BCUT2D eigenvalue weighted by atomic mass is 16.5. The number of amides is 1. The minimum atomic E-state index is 0.0903. The van der Waals surface area contributed by atoms with E-state index in [0.29, 0.717) is 17.5 Å². The number of pyridine rings is 1. The molecule has 0 saturated carbocycles. The van der Waals surface area contributed by atoms with Gasteiger partial charge in [0.05, 0.1) is 13.2 Å². The molecule has 1 aromatic heterocycles. The van der Waals surface area contributed by atoms with Crippen molar-refractivity contribution in [3.63, 3.8) is 0 Å². The smallest absolute Gasteiger partial charge is 0.254 e. The Morgan fingerprint density at radius 3 is 3.17 bits per heavy atom. The van der Waals surface area contributed by atoms with Gasteiger partial charge in [-0.05, 0) is 25.3 Å². The highest BCUT2D eigenvalue weighted by Gasteiger charge is 2.37. The summed E-state index contributed by atoms with van der Waals surface area (Å²) in [6.45, 7) is 0. The Bertz CT molecular complexity index is 498. The van der Waals surface area contributed by atoms with Gasteiger partial charge in [0.2, 0.25) is 5.88 Å². The van der Waals surface area contributed by atoms with Crippen LogP contribution in [-0.2, 0) is 0 Å². The van der Waals surface area contributed by atoms with Crippen LogP contribution in [0.15, 0.2) is 30.5 Å². The predicted molar refractivity (Wildman–Crippen MR) is 67.5 cm³/mol. The van der Waals surface area contributed by atoms with Gasteiger partial charge in [0, 0.05) is 23.9 Å². The molecular formula is C14H16N2O2. The van der Waals surface area contributed by atoms with Gasteiger partial charge in [-0.2, -0.15) is 0 Å². The number of nitrogens with zero attached hydrogens (tertiary/aromatic N) is 2. The predicted octanol–water partition coefficient (Wildman–Crippen LogP) is 2.02. The van der Waals surface area contributed by atoms with Gasteiger partial charge < -0.3 is 9.64 Å². The van der Waals surface area contributed by atoms with E-state index in [2.05, 4.69) is 17.1 Å². The highest BCUT2D eigenvalue weighted by Crippen LogP contribution is 2.32. The lowest BCUT2D eigenvalue weighted by atomic mass is 10.1. The number of fused-ring (bicyclic) bond motifs is 2. The average Bonchev–Trinajstić information content (AvgIpc) is 2.67. The van der Waals surface area contributed by atoms with Crippen molar-refractivity contribution < 1.29 is 9.53 Å². The number of carbonyl (C=O) groups excluding carboxylic acids is 1. The summed E-state index contributed by atoms with van der Waals surface area (Å²) in [7, 11) is 1.56. The molecule has 2 unspecified atom stereocenters. The first-order valence-corrected chi connectivity index (χ1v) is 6.29. The molecule has 0 aromatic carbocycles. The van der Waals surface area contributed by atoms with Crippen LogP contribution in [0.1, 0.15) is 29.6 Å². The molecule has 4 nitrogen and oxygen atoms in total. The van der Waals surface area contributed by atoms with E-state index in [0.717, 1.165) is 19.3 Å². The first kappa shape index (κ1) is 11.3. The molecule has 0 aliphatic carbocycles. The molecular weight excluding hydrogens is 228 g/mol. The SMILES string of the molecule is COc1cc(C(=O)N2C3C=CCC2CC3)ccn1. The molecule has 1 saturated heterocycles. The van der Waals surface area contributed by atoms with Gasteiger partial charge in [0.25, 0.3) is 5.91 Å². The highest BCUT2D eigenvalue weighted by molar-refractivity contribution is 5.95. The lowest BCUT2D eigenvalue weighted by Crippen LogP contribution is -2.42. The second-order valence-corrected chi connectivity index (χ2v) is 4.76. The summed E-state index contributed by atoms with van der Waals surface area (Å²) in [5.41, 5.74) is 0.661. The topological polar surface area (TPSA) is 42.4 Å². The molecule has 0 spiro atoms. The summed E-state index contributed by atoms with van der Waals surface area (Å²) in [5, 5.41) is 0. The third-order valence-electron chi connectivity index (χ3n) is 3.74. The number of hydrogen-bond acceptors (Lipinski definition) is 3. The molecule has 1 amide bonds. The summed E-state index contributed by atoms with van der Waals surface area (Å²) in [5.74, 6) is 0.577. The molecule has 1 fully saturated rings. The molecule has 3 rings (SSSR count). The second-order valence-electron chi connectivity index (χ2n) is 4.76. The van der Waals surface area contributed by atoms with Gasteiger partial charge >= 0.3 is 0 Å². The fraction of sp³-hybridized carbons (Fsp3) is 0.429. The third kappa shape index (κ3) is 1.78. The maximum absolute atomic E-state index is 12.5. The Morgan fingerprint density at radius 2 is 2.39 bits per heavy atom. The number of rotatable bonds is 2. The molecule has 2 bridgehead atoms. The summed E-state index contributed by atoms with van der Waals surface area (Å²) in [4.78, 5) is 18.6. The van der Waals surface area contributed by atoms with Gasteiger partial charge in [-0.3, -0.25) is 4.79 Å². The molecule has 4 heteroatoms. The van der Waals surface area contributed by atoms with Crippen molar-refractivity contribution in [2.75, 3.05) is 7.11 Å². The van der Waals surface area contributed by atoms with Crippen LogP contribution in [0.5, 0.6) is 5.88 Å². The van der Waals surface area contributed by atoms with E-state index in [9.17, 15) is 4.79 Å². The molecule has 3 heterocycles. The number of carbonyl (C=O) groups is 1. The average molecular weight is 244 g/mol. The monoisotopic (exact) mass is 244 g/mol. The largest absolute Gasteiger partial charge is 0.481 e. The van der Waals surface area contributed by atoms with Crippen molar-refractivity contribution in [1.29, 1.82) is 0 Å². The summed E-state index contributed by atoms with van der Waals surface area (Å²) in [6.07, 6.45) is 9.12.